The van der Waals surface area contributed by atoms with Gasteiger partial charge < -0.3 is 14.7 Å². The molecule has 0 bridgehead atoms. The SMILES string of the molecule is C[C@H](Oc1ccc(Cl)c(Cl)c1)C(=O)N1CCC(C(=O)O)CC1. The van der Waals surface area contributed by atoms with Crippen molar-refractivity contribution in [3.8, 4) is 5.75 Å². The zero-order valence-electron chi connectivity index (χ0n) is 12.1. The van der Waals surface area contributed by atoms with E-state index < -0.39 is 12.1 Å². The van der Waals surface area contributed by atoms with Crippen molar-refractivity contribution in [2.24, 2.45) is 5.92 Å². The Morgan fingerprint density at radius 1 is 1.27 bits per heavy atom. The largest absolute Gasteiger partial charge is 0.481 e. The number of hydrogen-bond donors (Lipinski definition) is 1. The number of rotatable bonds is 4. The number of ether oxygens (including phenoxy) is 1. The Bertz CT molecular complexity index is 571. The number of piperidine rings is 1. The lowest BCUT2D eigenvalue weighted by molar-refractivity contribution is -0.147. The second kappa shape index (κ2) is 7.20. The molecule has 120 valence electrons. The normalized spacial score (nSPS) is 17.1. The summed E-state index contributed by atoms with van der Waals surface area (Å²) in [4.78, 5) is 24.9. The summed E-state index contributed by atoms with van der Waals surface area (Å²) in [6.07, 6.45) is 0.278. The highest BCUT2D eigenvalue weighted by Crippen LogP contribution is 2.27. The van der Waals surface area contributed by atoms with Crippen LogP contribution in [0.2, 0.25) is 10.0 Å². The molecule has 0 radical (unpaired) electrons. The fraction of sp³-hybridized carbons (Fsp3) is 0.467. The molecular formula is C15H17Cl2NO4. The molecule has 1 aromatic rings. The van der Waals surface area contributed by atoms with E-state index in [1.807, 2.05) is 0 Å². The van der Waals surface area contributed by atoms with Crippen molar-refractivity contribution >= 4 is 35.1 Å². The molecule has 22 heavy (non-hydrogen) atoms. The molecule has 0 aromatic heterocycles. The van der Waals surface area contributed by atoms with Gasteiger partial charge in [0.25, 0.3) is 5.91 Å². The van der Waals surface area contributed by atoms with Gasteiger partial charge in [0.05, 0.1) is 16.0 Å². The summed E-state index contributed by atoms with van der Waals surface area (Å²) in [5.41, 5.74) is 0. The Balaban J connectivity index is 1.92. The van der Waals surface area contributed by atoms with Gasteiger partial charge in [0.1, 0.15) is 5.75 Å². The summed E-state index contributed by atoms with van der Waals surface area (Å²) in [5, 5.41) is 9.75. The zero-order valence-corrected chi connectivity index (χ0v) is 13.6. The summed E-state index contributed by atoms with van der Waals surface area (Å²) < 4.78 is 5.59. The number of nitrogens with zero attached hydrogens (tertiary/aromatic N) is 1. The van der Waals surface area contributed by atoms with Crippen LogP contribution in [-0.2, 0) is 9.59 Å². The maximum atomic E-state index is 12.3. The number of halogens is 2. The van der Waals surface area contributed by atoms with E-state index in [1.165, 1.54) is 0 Å². The second-order valence-electron chi connectivity index (χ2n) is 5.27. The number of carboxylic acid groups (broad SMARTS) is 1. The van der Waals surface area contributed by atoms with E-state index in [-0.39, 0.29) is 11.8 Å². The summed E-state index contributed by atoms with van der Waals surface area (Å²) in [6.45, 7) is 2.53. The average molecular weight is 346 g/mol. The van der Waals surface area contributed by atoms with Crippen LogP contribution in [0.5, 0.6) is 5.75 Å². The lowest BCUT2D eigenvalue weighted by Crippen LogP contribution is -2.45. The summed E-state index contributed by atoms with van der Waals surface area (Å²) in [7, 11) is 0. The maximum Gasteiger partial charge on any atom is 0.306 e. The molecule has 0 aliphatic carbocycles. The predicted molar refractivity (Wildman–Crippen MR) is 83.5 cm³/mol. The third kappa shape index (κ3) is 4.05. The smallest absolute Gasteiger partial charge is 0.306 e. The van der Waals surface area contributed by atoms with Gasteiger partial charge in [-0.25, -0.2) is 0 Å². The lowest BCUT2D eigenvalue weighted by atomic mass is 9.97. The first-order valence-electron chi connectivity index (χ1n) is 7.01. The molecule has 2 rings (SSSR count). The highest BCUT2D eigenvalue weighted by atomic mass is 35.5. The van der Waals surface area contributed by atoms with Crippen LogP contribution in [0.15, 0.2) is 18.2 Å². The van der Waals surface area contributed by atoms with Crippen LogP contribution < -0.4 is 4.74 Å². The topological polar surface area (TPSA) is 66.8 Å². The van der Waals surface area contributed by atoms with Gasteiger partial charge in [-0.3, -0.25) is 9.59 Å². The number of benzene rings is 1. The molecule has 0 unspecified atom stereocenters. The third-order valence-corrected chi connectivity index (χ3v) is 4.45. The standard InChI is InChI=1S/C15H17Cl2NO4/c1-9(22-11-2-3-12(16)13(17)8-11)14(19)18-6-4-10(5-7-18)15(20)21/h2-3,8-10H,4-7H2,1H3,(H,20,21)/t9-/m0/s1. The van der Waals surface area contributed by atoms with E-state index in [4.69, 9.17) is 33.0 Å². The van der Waals surface area contributed by atoms with E-state index in [0.717, 1.165) is 0 Å². The summed E-state index contributed by atoms with van der Waals surface area (Å²) >= 11 is 11.7. The molecule has 1 N–H and O–H groups in total. The lowest BCUT2D eigenvalue weighted by Gasteiger charge is -2.32. The maximum absolute atomic E-state index is 12.3. The van der Waals surface area contributed by atoms with E-state index in [1.54, 1.807) is 30.0 Å². The average Bonchev–Trinajstić information content (AvgIpc) is 2.50. The van der Waals surface area contributed by atoms with Gasteiger partial charge in [0.15, 0.2) is 6.10 Å². The van der Waals surface area contributed by atoms with Gasteiger partial charge in [-0.2, -0.15) is 0 Å². The van der Waals surface area contributed by atoms with Crippen molar-refractivity contribution in [3.05, 3.63) is 28.2 Å². The van der Waals surface area contributed by atoms with Crippen LogP contribution in [0.4, 0.5) is 0 Å². The molecule has 7 heteroatoms. The molecule has 1 heterocycles. The number of carbonyl (C=O) groups excluding carboxylic acids is 1. The number of aliphatic carboxylic acids is 1. The molecule has 1 aliphatic heterocycles. The fourth-order valence-corrected chi connectivity index (χ4v) is 2.70. The molecule has 1 amide bonds. The molecule has 0 saturated carbocycles. The van der Waals surface area contributed by atoms with E-state index >= 15 is 0 Å². The number of carboxylic acids is 1. The predicted octanol–water partition coefficient (Wildman–Crippen LogP) is 3.08. The molecule has 1 atom stereocenters. The zero-order chi connectivity index (χ0) is 16.3. The minimum atomic E-state index is -0.799. The second-order valence-corrected chi connectivity index (χ2v) is 6.09. The van der Waals surface area contributed by atoms with Gasteiger partial charge >= 0.3 is 5.97 Å². The minimum absolute atomic E-state index is 0.157. The Morgan fingerprint density at radius 2 is 1.91 bits per heavy atom. The third-order valence-electron chi connectivity index (χ3n) is 3.71. The van der Waals surface area contributed by atoms with E-state index in [9.17, 15) is 9.59 Å². The van der Waals surface area contributed by atoms with Crippen LogP contribution in [-0.4, -0.2) is 41.1 Å². The molecule has 0 spiro atoms. The molecule has 1 saturated heterocycles. The first kappa shape index (κ1) is 16.9. The van der Waals surface area contributed by atoms with Crippen molar-refractivity contribution in [1.29, 1.82) is 0 Å². The molecular weight excluding hydrogens is 329 g/mol. The van der Waals surface area contributed by atoms with E-state index in [0.29, 0.717) is 41.7 Å². The Hall–Kier alpha value is -1.46. The first-order chi connectivity index (χ1) is 10.4. The number of hydrogen-bond acceptors (Lipinski definition) is 3. The van der Waals surface area contributed by atoms with Crippen LogP contribution in [0.3, 0.4) is 0 Å². The van der Waals surface area contributed by atoms with Crippen molar-refractivity contribution in [2.45, 2.75) is 25.9 Å². The van der Waals surface area contributed by atoms with Gasteiger partial charge in [-0.15, -0.1) is 0 Å². The van der Waals surface area contributed by atoms with Gasteiger partial charge in [0, 0.05) is 19.2 Å². The summed E-state index contributed by atoms with van der Waals surface area (Å²) in [5.74, 6) is -0.854. The van der Waals surface area contributed by atoms with Crippen LogP contribution in [0.25, 0.3) is 0 Å². The molecule has 1 aromatic carbocycles. The van der Waals surface area contributed by atoms with Gasteiger partial charge in [0.2, 0.25) is 0 Å². The Kier molecular flexibility index (Phi) is 5.53. The van der Waals surface area contributed by atoms with Gasteiger partial charge in [-0.05, 0) is 31.9 Å². The van der Waals surface area contributed by atoms with Crippen molar-refractivity contribution in [1.82, 2.24) is 4.90 Å². The summed E-state index contributed by atoms with van der Waals surface area (Å²) in [6, 6.07) is 4.81. The van der Waals surface area contributed by atoms with Crippen molar-refractivity contribution in [3.63, 3.8) is 0 Å². The van der Waals surface area contributed by atoms with Crippen LogP contribution in [0, 0.1) is 5.92 Å². The minimum Gasteiger partial charge on any atom is -0.481 e. The Labute approximate surface area is 138 Å². The molecule has 5 nitrogen and oxygen atoms in total. The van der Waals surface area contributed by atoms with Crippen LogP contribution >= 0.6 is 23.2 Å². The van der Waals surface area contributed by atoms with Crippen molar-refractivity contribution in [2.75, 3.05) is 13.1 Å². The highest BCUT2D eigenvalue weighted by molar-refractivity contribution is 6.42. The number of likely N-dealkylation sites (tertiary alicyclic amines) is 1. The monoisotopic (exact) mass is 345 g/mol. The van der Waals surface area contributed by atoms with Crippen molar-refractivity contribution < 1.29 is 19.4 Å². The first-order valence-corrected chi connectivity index (χ1v) is 7.77. The highest BCUT2D eigenvalue weighted by Gasteiger charge is 2.29. The molecule has 1 fully saturated rings. The van der Waals surface area contributed by atoms with Crippen LogP contribution in [0.1, 0.15) is 19.8 Å². The fourth-order valence-electron chi connectivity index (χ4n) is 2.41. The molecule has 1 aliphatic rings. The number of amides is 1. The number of carbonyl (C=O) groups is 2. The van der Waals surface area contributed by atoms with Gasteiger partial charge in [-0.1, -0.05) is 23.2 Å². The van der Waals surface area contributed by atoms with E-state index in [2.05, 4.69) is 0 Å². The Morgan fingerprint density at radius 3 is 2.45 bits per heavy atom. The quantitative estimate of drug-likeness (QED) is 0.910.